The summed E-state index contributed by atoms with van der Waals surface area (Å²) >= 11 is 0. The van der Waals surface area contributed by atoms with E-state index in [0.717, 1.165) is 44.3 Å². The highest BCUT2D eigenvalue weighted by Crippen LogP contribution is 2.28. The standard InChI is InChI=1S/C19H27FN2O3/c1-3-18(15-6-8-16(20)9-7-15)21-11-4-5-17(10-12-21)22(14(2)23)13-19(24)25/h6-9,17-18H,3-5,10-13H2,1-2H3,(H,24,25). The lowest BCUT2D eigenvalue weighted by molar-refractivity contribution is -0.145. The van der Waals surface area contributed by atoms with Gasteiger partial charge in [0.15, 0.2) is 0 Å². The molecule has 1 aliphatic rings. The number of hydrogen-bond donors (Lipinski definition) is 1. The lowest BCUT2D eigenvalue weighted by Gasteiger charge is -2.31. The third-order valence-electron chi connectivity index (χ3n) is 4.97. The van der Waals surface area contributed by atoms with E-state index in [9.17, 15) is 14.0 Å². The fraction of sp³-hybridized carbons (Fsp3) is 0.579. The first-order valence-electron chi connectivity index (χ1n) is 8.90. The number of nitrogens with zero attached hydrogens (tertiary/aromatic N) is 2. The molecule has 1 saturated heterocycles. The molecule has 1 aromatic rings. The summed E-state index contributed by atoms with van der Waals surface area (Å²) in [5, 5.41) is 9.05. The Kier molecular flexibility index (Phi) is 6.93. The largest absolute Gasteiger partial charge is 0.480 e. The minimum atomic E-state index is -0.978. The van der Waals surface area contributed by atoms with Crippen molar-refractivity contribution < 1.29 is 19.1 Å². The molecule has 1 fully saturated rings. The second kappa shape index (κ2) is 8.94. The van der Waals surface area contributed by atoms with Gasteiger partial charge in [-0.1, -0.05) is 19.1 Å². The topological polar surface area (TPSA) is 60.9 Å². The van der Waals surface area contributed by atoms with Crippen LogP contribution in [0, 0.1) is 5.82 Å². The molecular weight excluding hydrogens is 323 g/mol. The highest BCUT2D eigenvalue weighted by Gasteiger charge is 2.28. The van der Waals surface area contributed by atoms with Crippen LogP contribution in [0.4, 0.5) is 4.39 Å². The fourth-order valence-electron chi connectivity index (χ4n) is 3.76. The van der Waals surface area contributed by atoms with E-state index in [1.165, 1.54) is 24.0 Å². The third-order valence-corrected chi connectivity index (χ3v) is 4.97. The smallest absolute Gasteiger partial charge is 0.323 e. The average molecular weight is 350 g/mol. The number of benzene rings is 1. The Labute approximate surface area is 148 Å². The number of carbonyl (C=O) groups is 2. The average Bonchev–Trinajstić information content (AvgIpc) is 2.81. The molecule has 0 spiro atoms. The van der Waals surface area contributed by atoms with E-state index in [-0.39, 0.29) is 30.4 Å². The molecule has 0 bridgehead atoms. The van der Waals surface area contributed by atoms with Crippen molar-refractivity contribution in [2.45, 2.75) is 51.6 Å². The van der Waals surface area contributed by atoms with Crippen LogP contribution < -0.4 is 0 Å². The fourth-order valence-corrected chi connectivity index (χ4v) is 3.76. The Bertz CT molecular complexity index is 591. The SMILES string of the molecule is CCC(c1ccc(F)cc1)N1CCCC(N(CC(=O)O)C(C)=O)CC1. The number of halogens is 1. The summed E-state index contributed by atoms with van der Waals surface area (Å²) in [6.07, 6.45) is 3.39. The summed E-state index contributed by atoms with van der Waals surface area (Å²) in [5.74, 6) is -1.40. The Balaban J connectivity index is 2.07. The molecule has 6 heteroatoms. The number of carboxylic acid groups (broad SMARTS) is 1. The maximum atomic E-state index is 13.2. The van der Waals surface area contributed by atoms with Crippen LogP contribution in [0.5, 0.6) is 0 Å². The summed E-state index contributed by atoms with van der Waals surface area (Å²) in [4.78, 5) is 26.7. The van der Waals surface area contributed by atoms with Gasteiger partial charge in [-0.3, -0.25) is 14.5 Å². The van der Waals surface area contributed by atoms with Crippen LogP contribution in [0.1, 0.15) is 51.1 Å². The van der Waals surface area contributed by atoms with Gasteiger partial charge in [0.1, 0.15) is 12.4 Å². The Hall–Kier alpha value is -1.95. The van der Waals surface area contributed by atoms with Gasteiger partial charge >= 0.3 is 5.97 Å². The number of carbonyl (C=O) groups excluding carboxylic acids is 1. The molecule has 1 N–H and O–H groups in total. The summed E-state index contributed by atoms with van der Waals surface area (Å²) in [6.45, 7) is 4.99. The van der Waals surface area contributed by atoms with E-state index in [4.69, 9.17) is 5.11 Å². The summed E-state index contributed by atoms with van der Waals surface area (Å²) in [5.41, 5.74) is 1.09. The first-order valence-corrected chi connectivity index (χ1v) is 8.90. The zero-order chi connectivity index (χ0) is 18.4. The Morgan fingerprint density at radius 2 is 1.96 bits per heavy atom. The summed E-state index contributed by atoms with van der Waals surface area (Å²) < 4.78 is 13.2. The van der Waals surface area contributed by atoms with Crippen LogP contribution in [0.25, 0.3) is 0 Å². The number of carboxylic acids is 1. The zero-order valence-electron chi connectivity index (χ0n) is 14.9. The van der Waals surface area contributed by atoms with Gasteiger partial charge in [0.05, 0.1) is 0 Å². The molecule has 138 valence electrons. The molecule has 0 radical (unpaired) electrons. The first kappa shape index (κ1) is 19.4. The van der Waals surface area contributed by atoms with Gasteiger partial charge < -0.3 is 10.0 Å². The molecule has 1 aliphatic heterocycles. The van der Waals surface area contributed by atoms with Crippen molar-refractivity contribution >= 4 is 11.9 Å². The monoisotopic (exact) mass is 350 g/mol. The summed E-state index contributed by atoms with van der Waals surface area (Å²) in [7, 11) is 0. The lowest BCUT2D eigenvalue weighted by Crippen LogP contribution is -2.42. The zero-order valence-corrected chi connectivity index (χ0v) is 14.9. The van der Waals surface area contributed by atoms with Gasteiger partial charge in [-0.2, -0.15) is 0 Å². The van der Waals surface area contributed by atoms with Crippen LogP contribution in [-0.4, -0.2) is 52.5 Å². The molecule has 2 atom stereocenters. The number of amides is 1. The van der Waals surface area contributed by atoms with Crippen molar-refractivity contribution in [1.82, 2.24) is 9.80 Å². The van der Waals surface area contributed by atoms with Crippen molar-refractivity contribution in [3.63, 3.8) is 0 Å². The Morgan fingerprint density at radius 3 is 2.52 bits per heavy atom. The van der Waals surface area contributed by atoms with Gasteiger partial charge in [-0.25, -0.2) is 4.39 Å². The molecule has 2 rings (SSSR count). The molecule has 0 saturated carbocycles. The first-order chi connectivity index (χ1) is 11.9. The highest BCUT2D eigenvalue weighted by molar-refractivity contribution is 5.79. The van der Waals surface area contributed by atoms with Crippen LogP contribution in [0.2, 0.25) is 0 Å². The van der Waals surface area contributed by atoms with Crippen LogP contribution >= 0.6 is 0 Å². The van der Waals surface area contributed by atoms with Crippen LogP contribution in [-0.2, 0) is 9.59 Å². The molecule has 25 heavy (non-hydrogen) atoms. The van der Waals surface area contributed by atoms with Crippen molar-refractivity contribution in [2.75, 3.05) is 19.6 Å². The second-order valence-electron chi connectivity index (χ2n) is 6.64. The number of rotatable bonds is 6. The number of hydrogen-bond acceptors (Lipinski definition) is 3. The van der Waals surface area contributed by atoms with E-state index >= 15 is 0 Å². The molecular formula is C19H27FN2O3. The van der Waals surface area contributed by atoms with E-state index in [0.29, 0.717) is 0 Å². The van der Waals surface area contributed by atoms with Crippen molar-refractivity contribution in [3.8, 4) is 0 Å². The van der Waals surface area contributed by atoms with Crippen molar-refractivity contribution in [3.05, 3.63) is 35.6 Å². The Morgan fingerprint density at radius 1 is 1.28 bits per heavy atom. The third kappa shape index (κ3) is 5.26. The van der Waals surface area contributed by atoms with Crippen LogP contribution in [0.3, 0.4) is 0 Å². The second-order valence-corrected chi connectivity index (χ2v) is 6.64. The van der Waals surface area contributed by atoms with Gasteiger partial charge in [-0.05, 0) is 49.9 Å². The predicted molar refractivity (Wildman–Crippen MR) is 93.7 cm³/mol. The molecule has 0 aromatic heterocycles. The molecule has 0 aliphatic carbocycles. The molecule has 2 unspecified atom stereocenters. The number of likely N-dealkylation sites (tertiary alicyclic amines) is 1. The molecule has 1 heterocycles. The van der Waals surface area contributed by atoms with E-state index in [1.807, 2.05) is 12.1 Å². The molecule has 5 nitrogen and oxygen atoms in total. The van der Waals surface area contributed by atoms with Crippen molar-refractivity contribution in [2.24, 2.45) is 0 Å². The number of aliphatic carboxylic acids is 1. The van der Waals surface area contributed by atoms with E-state index in [1.54, 1.807) is 0 Å². The maximum absolute atomic E-state index is 13.2. The van der Waals surface area contributed by atoms with Gasteiger partial charge in [0.25, 0.3) is 0 Å². The molecule has 1 amide bonds. The molecule has 1 aromatic carbocycles. The quantitative estimate of drug-likeness (QED) is 0.857. The maximum Gasteiger partial charge on any atom is 0.323 e. The van der Waals surface area contributed by atoms with Crippen LogP contribution in [0.15, 0.2) is 24.3 Å². The predicted octanol–water partition coefficient (Wildman–Crippen LogP) is 3.06. The lowest BCUT2D eigenvalue weighted by atomic mass is 10.0. The summed E-state index contributed by atoms with van der Waals surface area (Å²) in [6, 6.07) is 6.82. The highest BCUT2D eigenvalue weighted by atomic mass is 19.1. The van der Waals surface area contributed by atoms with Gasteiger partial charge in [-0.15, -0.1) is 0 Å². The minimum Gasteiger partial charge on any atom is -0.480 e. The minimum absolute atomic E-state index is 0.0377. The van der Waals surface area contributed by atoms with E-state index in [2.05, 4.69) is 11.8 Å². The normalized spacial score (nSPS) is 19.9. The van der Waals surface area contributed by atoms with Crippen molar-refractivity contribution in [1.29, 1.82) is 0 Å². The van der Waals surface area contributed by atoms with E-state index < -0.39 is 5.97 Å². The van der Waals surface area contributed by atoms with Gasteiger partial charge in [0, 0.05) is 25.6 Å². The van der Waals surface area contributed by atoms with Gasteiger partial charge in [0.2, 0.25) is 5.91 Å².